The van der Waals surface area contributed by atoms with Gasteiger partial charge in [-0.2, -0.15) is 5.26 Å². The van der Waals surface area contributed by atoms with E-state index in [1.807, 2.05) is 24.3 Å². The highest BCUT2D eigenvalue weighted by Gasteiger charge is 2.15. The first-order valence-electron chi connectivity index (χ1n) is 7.11. The lowest BCUT2D eigenvalue weighted by atomic mass is 9.96. The van der Waals surface area contributed by atoms with Crippen LogP contribution in [-0.4, -0.2) is 0 Å². The lowest BCUT2D eigenvalue weighted by molar-refractivity contribution is 0.531. The molecule has 2 rings (SSSR count). The number of benzene rings is 2. The van der Waals surface area contributed by atoms with Gasteiger partial charge < -0.3 is 5.32 Å². The van der Waals surface area contributed by atoms with Crippen molar-refractivity contribution in [1.29, 1.82) is 5.26 Å². The van der Waals surface area contributed by atoms with Crippen molar-refractivity contribution in [2.45, 2.75) is 26.3 Å². The first-order valence-corrected chi connectivity index (χ1v) is 7.49. The van der Waals surface area contributed by atoms with E-state index >= 15 is 0 Å². The maximum atomic E-state index is 9.24. The van der Waals surface area contributed by atoms with E-state index in [1.54, 1.807) is 12.1 Å². The molecule has 108 valence electrons. The summed E-state index contributed by atoms with van der Waals surface area (Å²) < 4.78 is 0. The van der Waals surface area contributed by atoms with Crippen LogP contribution in [0, 0.1) is 17.2 Å². The van der Waals surface area contributed by atoms with Gasteiger partial charge in [-0.1, -0.05) is 55.8 Å². The number of rotatable bonds is 5. The first kappa shape index (κ1) is 15.4. The normalized spacial score (nSPS) is 12.0. The van der Waals surface area contributed by atoms with E-state index in [0.717, 1.165) is 12.1 Å². The average Bonchev–Trinajstić information content (AvgIpc) is 2.47. The number of halogens is 1. The quantitative estimate of drug-likeness (QED) is 0.801. The molecule has 0 spiro atoms. The van der Waals surface area contributed by atoms with Crippen LogP contribution in [0.15, 0.2) is 48.5 Å². The summed E-state index contributed by atoms with van der Waals surface area (Å²) in [5.41, 5.74) is 2.62. The van der Waals surface area contributed by atoms with Crippen molar-refractivity contribution in [1.82, 2.24) is 0 Å². The summed E-state index contributed by atoms with van der Waals surface area (Å²) in [6.07, 6.45) is 0.987. The third-order valence-corrected chi connectivity index (χ3v) is 3.58. The maximum absolute atomic E-state index is 9.24. The lowest BCUT2D eigenvalue weighted by Gasteiger charge is -2.23. The van der Waals surface area contributed by atoms with E-state index in [4.69, 9.17) is 11.6 Å². The fourth-order valence-corrected chi connectivity index (χ4v) is 2.53. The molecular formula is C18H19ClN2. The summed E-state index contributed by atoms with van der Waals surface area (Å²) in [4.78, 5) is 0. The second-order valence-corrected chi connectivity index (χ2v) is 5.98. The van der Waals surface area contributed by atoms with Gasteiger partial charge in [-0.3, -0.25) is 0 Å². The molecule has 0 radical (unpaired) electrons. The lowest BCUT2D eigenvalue weighted by Crippen LogP contribution is -2.14. The molecule has 2 aromatic rings. The molecule has 0 amide bonds. The molecule has 0 bridgehead atoms. The van der Waals surface area contributed by atoms with Crippen molar-refractivity contribution in [2.24, 2.45) is 5.92 Å². The number of nitriles is 1. The third kappa shape index (κ3) is 4.24. The molecule has 0 saturated heterocycles. The Labute approximate surface area is 131 Å². The molecule has 3 heteroatoms. The summed E-state index contributed by atoms with van der Waals surface area (Å²) in [5.74, 6) is 0.549. The molecule has 0 heterocycles. The fraction of sp³-hybridized carbons (Fsp3) is 0.278. The van der Waals surface area contributed by atoms with Gasteiger partial charge in [0.05, 0.1) is 17.3 Å². The molecular weight excluding hydrogens is 280 g/mol. The highest BCUT2D eigenvalue weighted by molar-refractivity contribution is 6.30. The first-order chi connectivity index (χ1) is 10.1. The van der Waals surface area contributed by atoms with Crippen LogP contribution < -0.4 is 5.32 Å². The zero-order chi connectivity index (χ0) is 15.2. The number of anilines is 1. The molecule has 0 aromatic heterocycles. The van der Waals surface area contributed by atoms with Gasteiger partial charge in [0.15, 0.2) is 0 Å². The zero-order valence-electron chi connectivity index (χ0n) is 12.3. The van der Waals surface area contributed by atoms with E-state index in [9.17, 15) is 5.26 Å². The van der Waals surface area contributed by atoms with Crippen LogP contribution in [0.2, 0.25) is 5.02 Å². The van der Waals surface area contributed by atoms with Crippen LogP contribution >= 0.6 is 11.6 Å². The highest BCUT2D eigenvalue weighted by Crippen LogP contribution is 2.29. The second-order valence-electron chi connectivity index (χ2n) is 5.54. The van der Waals surface area contributed by atoms with Gasteiger partial charge in [0, 0.05) is 5.02 Å². The molecule has 0 saturated carbocycles. The van der Waals surface area contributed by atoms with E-state index in [2.05, 4.69) is 37.4 Å². The van der Waals surface area contributed by atoms with Crippen molar-refractivity contribution in [3.05, 3.63) is 64.7 Å². The summed E-state index contributed by atoms with van der Waals surface area (Å²) in [7, 11) is 0. The fourth-order valence-electron chi connectivity index (χ4n) is 2.36. The Morgan fingerprint density at radius 3 is 2.48 bits per heavy atom. The van der Waals surface area contributed by atoms with Gasteiger partial charge in [-0.05, 0) is 36.1 Å². The van der Waals surface area contributed by atoms with Crippen LogP contribution in [0.25, 0.3) is 0 Å². The Bertz CT molecular complexity index is 629. The molecule has 2 nitrogen and oxygen atoms in total. The second kappa shape index (κ2) is 7.15. The summed E-state index contributed by atoms with van der Waals surface area (Å²) in [5, 5.41) is 13.4. The van der Waals surface area contributed by atoms with Crippen LogP contribution in [0.1, 0.15) is 37.4 Å². The molecule has 1 N–H and O–H groups in total. The minimum absolute atomic E-state index is 0.164. The van der Waals surface area contributed by atoms with Crippen LogP contribution in [0.5, 0.6) is 0 Å². The SMILES string of the molecule is CC(C)CC(Nc1cc(Cl)ccc1C#N)c1ccccc1. The maximum Gasteiger partial charge on any atom is 0.101 e. The number of nitrogens with one attached hydrogen (secondary N) is 1. The Kier molecular flexibility index (Phi) is 5.25. The molecule has 0 fully saturated rings. The van der Waals surface area contributed by atoms with Crippen molar-refractivity contribution in [2.75, 3.05) is 5.32 Å². The predicted molar refractivity (Wildman–Crippen MR) is 88.4 cm³/mol. The monoisotopic (exact) mass is 298 g/mol. The molecule has 1 unspecified atom stereocenters. The van der Waals surface area contributed by atoms with Crippen LogP contribution in [0.3, 0.4) is 0 Å². The van der Waals surface area contributed by atoms with Gasteiger partial charge in [0.1, 0.15) is 6.07 Å². The predicted octanol–water partition coefficient (Wildman–Crippen LogP) is 5.41. The Morgan fingerprint density at radius 1 is 1.14 bits per heavy atom. The van der Waals surface area contributed by atoms with E-state index < -0.39 is 0 Å². The van der Waals surface area contributed by atoms with E-state index in [1.165, 1.54) is 5.56 Å². The molecule has 0 aliphatic rings. The van der Waals surface area contributed by atoms with Crippen molar-refractivity contribution >= 4 is 17.3 Å². The smallest absolute Gasteiger partial charge is 0.101 e. The van der Waals surface area contributed by atoms with Crippen molar-refractivity contribution in [3.8, 4) is 6.07 Å². The summed E-state index contributed by atoms with van der Waals surface area (Å²) in [6.45, 7) is 4.39. The number of hydrogen-bond acceptors (Lipinski definition) is 2. The summed E-state index contributed by atoms with van der Waals surface area (Å²) in [6, 6.07) is 18.0. The van der Waals surface area contributed by atoms with Gasteiger partial charge in [-0.25, -0.2) is 0 Å². The van der Waals surface area contributed by atoms with Gasteiger partial charge in [0.25, 0.3) is 0 Å². The number of nitrogens with zero attached hydrogens (tertiary/aromatic N) is 1. The van der Waals surface area contributed by atoms with Crippen LogP contribution in [-0.2, 0) is 0 Å². The molecule has 0 aliphatic carbocycles. The third-order valence-electron chi connectivity index (χ3n) is 3.34. The van der Waals surface area contributed by atoms with Crippen molar-refractivity contribution < 1.29 is 0 Å². The van der Waals surface area contributed by atoms with Crippen molar-refractivity contribution in [3.63, 3.8) is 0 Å². The minimum Gasteiger partial charge on any atom is -0.377 e. The Hall–Kier alpha value is -1.98. The average molecular weight is 299 g/mol. The van der Waals surface area contributed by atoms with Gasteiger partial charge in [-0.15, -0.1) is 0 Å². The Morgan fingerprint density at radius 2 is 1.86 bits per heavy atom. The molecule has 1 atom stereocenters. The van der Waals surface area contributed by atoms with E-state index in [0.29, 0.717) is 16.5 Å². The number of hydrogen-bond donors (Lipinski definition) is 1. The highest BCUT2D eigenvalue weighted by atomic mass is 35.5. The van der Waals surface area contributed by atoms with Crippen LogP contribution in [0.4, 0.5) is 5.69 Å². The van der Waals surface area contributed by atoms with Gasteiger partial charge >= 0.3 is 0 Å². The molecule has 2 aromatic carbocycles. The van der Waals surface area contributed by atoms with E-state index in [-0.39, 0.29) is 6.04 Å². The molecule has 21 heavy (non-hydrogen) atoms. The Balaban J connectivity index is 2.32. The zero-order valence-corrected chi connectivity index (χ0v) is 13.1. The van der Waals surface area contributed by atoms with Gasteiger partial charge in [0.2, 0.25) is 0 Å². The largest absolute Gasteiger partial charge is 0.377 e. The standard InChI is InChI=1S/C18H19ClN2/c1-13(2)10-17(14-6-4-3-5-7-14)21-18-11-16(19)9-8-15(18)12-20/h3-9,11,13,17,21H,10H2,1-2H3. The minimum atomic E-state index is 0.164. The molecule has 0 aliphatic heterocycles. The topological polar surface area (TPSA) is 35.8 Å². The summed E-state index contributed by atoms with van der Waals surface area (Å²) >= 11 is 6.06.